The van der Waals surface area contributed by atoms with Gasteiger partial charge in [0.05, 0.1) is 6.54 Å². The van der Waals surface area contributed by atoms with Gasteiger partial charge in [0, 0.05) is 18.5 Å². The molecule has 0 aliphatic carbocycles. The number of nitrogens with zero attached hydrogens (tertiary/aromatic N) is 3. The van der Waals surface area contributed by atoms with Crippen LogP contribution in [0.2, 0.25) is 0 Å². The van der Waals surface area contributed by atoms with Gasteiger partial charge in [-0.2, -0.15) is 0 Å². The molecular weight excluding hydrogens is 220 g/mol. The van der Waals surface area contributed by atoms with E-state index >= 15 is 0 Å². The fourth-order valence-corrected chi connectivity index (χ4v) is 2.11. The Morgan fingerprint density at radius 1 is 1.44 bits per heavy atom. The molecule has 0 aliphatic heterocycles. The zero-order valence-electron chi connectivity index (χ0n) is 8.76. The minimum Gasteiger partial charge on any atom is -0.305 e. The molecule has 0 amide bonds. The van der Waals surface area contributed by atoms with Crippen molar-refractivity contribution in [2.45, 2.75) is 5.16 Å². The lowest BCUT2D eigenvalue weighted by atomic mass is 10.5. The summed E-state index contributed by atoms with van der Waals surface area (Å²) in [4.78, 5) is 0. The highest BCUT2D eigenvalue weighted by Crippen LogP contribution is 2.15. The predicted octanol–water partition coefficient (Wildman–Crippen LogP) is 1.04. The minimum atomic E-state index is 0.612. The summed E-state index contributed by atoms with van der Waals surface area (Å²) in [7, 11) is 0. The van der Waals surface area contributed by atoms with Gasteiger partial charge in [-0.3, -0.25) is 4.40 Å². The van der Waals surface area contributed by atoms with Crippen molar-refractivity contribution in [2.24, 2.45) is 0 Å². The molecule has 0 bridgehead atoms. The number of pyridine rings is 1. The summed E-state index contributed by atoms with van der Waals surface area (Å²) in [5.74, 6) is 3.47. The standard InChI is InChI=1S/C11H12N4S/c1-2-6-12-7-9-16-11-14-13-10-5-3-4-8-15(10)11/h1,3-5,8,12H,6-7,9H2. The van der Waals surface area contributed by atoms with Gasteiger partial charge in [-0.05, 0) is 12.1 Å². The van der Waals surface area contributed by atoms with Crippen LogP contribution in [0, 0.1) is 12.3 Å². The summed E-state index contributed by atoms with van der Waals surface area (Å²) >= 11 is 1.67. The van der Waals surface area contributed by atoms with Gasteiger partial charge in [0.25, 0.3) is 0 Å². The summed E-state index contributed by atoms with van der Waals surface area (Å²) in [6.07, 6.45) is 7.10. The topological polar surface area (TPSA) is 42.2 Å². The quantitative estimate of drug-likeness (QED) is 0.475. The van der Waals surface area contributed by atoms with Crippen LogP contribution in [0.1, 0.15) is 0 Å². The maximum atomic E-state index is 5.13. The Hall–Kier alpha value is -1.51. The third kappa shape index (κ3) is 2.54. The van der Waals surface area contributed by atoms with E-state index in [0.29, 0.717) is 6.54 Å². The largest absolute Gasteiger partial charge is 0.305 e. The van der Waals surface area contributed by atoms with Crippen LogP contribution in [0.5, 0.6) is 0 Å². The molecule has 0 aromatic carbocycles. The molecule has 0 fully saturated rings. The van der Waals surface area contributed by atoms with E-state index in [4.69, 9.17) is 6.42 Å². The van der Waals surface area contributed by atoms with Crippen LogP contribution >= 0.6 is 11.8 Å². The van der Waals surface area contributed by atoms with Gasteiger partial charge in [0.1, 0.15) is 0 Å². The van der Waals surface area contributed by atoms with Crippen molar-refractivity contribution in [3.8, 4) is 12.3 Å². The number of thioether (sulfide) groups is 1. The lowest BCUT2D eigenvalue weighted by Gasteiger charge is -2.00. The highest BCUT2D eigenvalue weighted by molar-refractivity contribution is 7.99. The molecule has 0 saturated carbocycles. The number of fused-ring (bicyclic) bond motifs is 1. The van der Waals surface area contributed by atoms with Gasteiger partial charge in [-0.25, -0.2) is 0 Å². The highest BCUT2D eigenvalue weighted by Gasteiger charge is 2.03. The summed E-state index contributed by atoms with van der Waals surface area (Å²) in [5, 5.41) is 12.2. The zero-order valence-corrected chi connectivity index (χ0v) is 9.57. The van der Waals surface area contributed by atoms with E-state index < -0.39 is 0 Å². The van der Waals surface area contributed by atoms with Crippen LogP contribution < -0.4 is 5.32 Å². The number of hydrogen-bond donors (Lipinski definition) is 1. The molecule has 16 heavy (non-hydrogen) atoms. The average molecular weight is 232 g/mol. The third-order valence-electron chi connectivity index (χ3n) is 2.02. The van der Waals surface area contributed by atoms with E-state index in [1.807, 2.05) is 28.8 Å². The van der Waals surface area contributed by atoms with Gasteiger partial charge < -0.3 is 5.32 Å². The van der Waals surface area contributed by atoms with Crippen molar-refractivity contribution in [3.63, 3.8) is 0 Å². The van der Waals surface area contributed by atoms with Crippen molar-refractivity contribution in [1.82, 2.24) is 19.9 Å². The molecule has 0 aliphatic rings. The summed E-state index contributed by atoms with van der Waals surface area (Å²) in [5.41, 5.74) is 0.876. The van der Waals surface area contributed by atoms with Gasteiger partial charge in [-0.1, -0.05) is 23.7 Å². The first kappa shape index (κ1) is 11.0. The zero-order chi connectivity index (χ0) is 11.2. The Morgan fingerprint density at radius 2 is 2.38 bits per heavy atom. The van der Waals surface area contributed by atoms with Crippen molar-refractivity contribution < 1.29 is 0 Å². The van der Waals surface area contributed by atoms with Crippen molar-refractivity contribution in [1.29, 1.82) is 0 Å². The summed E-state index contributed by atoms with van der Waals surface area (Å²) in [6, 6.07) is 5.86. The second kappa shape index (κ2) is 5.54. The SMILES string of the molecule is C#CCNCCSc1nnc2ccccn12. The molecule has 4 nitrogen and oxygen atoms in total. The summed E-state index contributed by atoms with van der Waals surface area (Å²) in [6.45, 7) is 1.48. The first-order valence-corrected chi connectivity index (χ1v) is 5.97. The Bertz CT molecular complexity index is 500. The van der Waals surface area contributed by atoms with E-state index in [9.17, 15) is 0 Å². The van der Waals surface area contributed by atoms with E-state index in [1.54, 1.807) is 11.8 Å². The second-order valence-corrected chi connectivity index (χ2v) is 4.20. The van der Waals surface area contributed by atoms with Crippen LogP contribution in [0.25, 0.3) is 5.65 Å². The Labute approximate surface area is 98.5 Å². The van der Waals surface area contributed by atoms with Gasteiger partial charge in [0.2, 0.25) is 0 Å². The van der Waals surface area contributed by atoms with E-state index in [2.05, 4.69) is 21.4 Å². The van der Waals surface area contributed by atoms with Crippen LogP contribution in [0.4, 0.5) is 0 Å². The normalized spacial score (nSPS) is 10.4. The van der Waals surface area contributed by atoms with Gasteiger partial charge in [-0.15, -0.1) is 16.6 Å². The first-order chi connectivity index (χ1) is 7.92. The fourth-order valence-electron chi connectivity index (χ4n) is 1.29. The molecular formula is C11H12N4S. The van der Waals surface area contributed by atoms with Crippen LogP contribution in [0.15, 0.2) is 29.6 Å². The number of rotatable bonds is 5. The molecule has 5 heteroatoms. The average Bonchev–Trinajstić information content (AvgIpc) is 2.73. The molecule has 2 aromatic heterocycles. The van der Waals surface area contributed by atoms with Crippen LogP contribution in [-0.2, 0) is 0 Å². The Balaban J connectivity index is 1.92. The van der Waals surface area contributed by atoms with Gasteiger partial charge in [0.15, 0.2) is 10.8 Å². The highest BCUT2D eigenvalue weighted by atomic mass is 32.2. The molecule has 0 radical (unpaired) electrons. The van der Waals surface area contributed by atoms with E-state index in [1.165, 1.54) is 0 Å². The molecule has 0 spiro atoms. The van der Waals surface area contributed by atoms with Crippen molar-refractivity contribution in [3.05, 3.63) is 24.4 Å². The molecule has 2 rings (SSSR count). The van der Waals surface area contributed by atoms with Crippen LogP contribution in [0.3, 0.4) is 0 Å². The molecule has 1 N–H and O–H groups in total. The molecule has 2 heterocycles. The number of nitrogens with one attached hydrogen (secondary N) is 1. The van der Waals surface area contributed by atoms with E-state index in [0.717, 1.165) is 23.1 Å². The molecule has 0 unspecified atom stereocenters. The Kier molecular flexibility index (Phi) is 3.81. The van der Waals surface area contributed by atoms with Gasteiger partial charge >= 0.3 is 0 Å². The monoisotopic (exact) mass is 232 g/mol. The first-order valence-electron chi connectivity index (χ1n) is 4.98. The van der Waals surface area contributed by atoms with Crippen molar-refractivity contribution in [2.75, 3.05) is 18.8 Å². The number of hydrogen-bond acceptors (Lipinski definition) is 4. The van der Waals surface area contributed by atoms with E-state index in [-0.39, 0.29) is 0 Å². The number of terminal acetylenes is 1. The maximum Gasteiger partial charge on any atom is 0.195 e. The molecule has 0 atom stereocenters. The summed E-state index contributed by atoms with van der Waals surface area (Å²) < 4.78 is 1.98. The lowest BCUT2D eigenvalue weighted by molar-refractivity contribution is 0.815. The smallest absolute Gasteiger partial charge is 0.195 e. The Morgan fingerprint density at radius 3 is 3.25 bits per heavy atom. The molecule has 2 aromatic rings. The lowest BCUT2D eigenvalue weighted by Crippen LogP contribution is -2.17. The van der Waals surface area contributed by atoms with Crippen LogP contribution in [-0.4, -0.2) is 33.4 Å². The predicted molar refractivity (Wildman–Crippen MR) is 65.4 cm³/mol. The second-order valence-electron chi connectivity index (χ2n) is 3.14. The maximum absolute atomic E-state index is 5.13. The fraction of sp³-hybridized carbons (Fsp3) is 0.273. The number of aromatic nitrogens is 3. The third-order valence-corrected chi connectivity index (χ3v) is 2.96. The molecule has 0 saturated heterocycles. The minimum absolute atomic E-state index is 0.612. The molecule has 82 valence electrons. The van der Waals surface area contributed by atoms with Crippen molar-refractivity contribution >= 4 is 17.4 Å².